The topological polar surface area (TPSA) is 63.6 Å². The minimum atomic E-state index is -4.34. The molecule has 1 aliphatic carbocycles. The van der Waals surface area contributed by atoms with Gasteiger partial charge < -0.3 is 0 Å². The molecule has 0 saturated heterocycles. The SMILES string of the molecule is O=S(=O)(O)OC1CCC(=S)C(S)C1. The van der Waals surface area contributed by atoms with E-state index in [0.29, 0.717) is 19.3 Å². The molecule has 1 fully saturated rings. The molecule has 0 aromatic rings. The first-order valence-electron chi connectivity index (χ1n) is 3.75. The van der Waals surface area contributed by atoms with Crippen LogP contribution in [0.2, 0.25) is 0 Å². The molecule has 4 nitrogen and oxygen atoms in total. The van der Waals surface area contributed by atoms with Gasteiger partial charge in [0, 0.05) is 10.1 Å². The Balaban J connectivity index is 2.52. The number of rotatable bonds is 2. The highest BCUT2D eigenvalue weighted by molar-refractivity contribution is 7.86. The normalized spacial score (nSPS) is 30.5. The maximum atomic E-state index is 10.4. The lowest BCUT2D eigenvalue weighted by atomic mass is 9.97. The summed E-state index contributed by atoms with van der Waals surface area (Å²) in [7, 11) is -4.34. The van der Waals surface area contributed by atoms with Gasteiger partial charge in [-0.05, 0) is 19.3 Å². The molecule has 0 aromatic carbocycles. The molecule has 0 heterocycles. The van der Waals surface area contributed by atoms with Crippen molar-refractivity contribution in [3.8, 4) is 0 Å². The zero-order valence-electron chi connectivity index (χ0n) is 6.71. The van der Waals surface area contributed by atoms with Crippen molar-refractivity contribution in [2.24, 2.45) is 0 Å². The van der Waals surface area contributed by atoms with E-state index in [1.807, 2.05) is 0 Å². The predicted molar refractivity (Wildman–Crippen MR) is 55.6 cm³/mol. The van der Waals surface area contributed by atoms with Crippen LogP contribution in [0.4, 0.5) is 0 Å². The molecule has 7 heteroatoms. The van der Waals surface area contributed by atoms with Crippen LogP contribution in [0.3, 0.4) is 0 Å². The lowest BCUT2D eigenvalue weighted by molar-refractivity contribution is 0.164. The van der Waals surface area contributed by atoms with Gasteiger partial charge in [0.1, 0.15) is 0 Å². The number of thiol groups is 1. The molecule has 2 unspecified atom stereocenters. The number of thiocarbonyl (C=S) groups is 1. The van der Waals surface area contributed by atoms with E-state index < -0.39 is 16.5 Å². The predicted octanol–water partition coefficient (Wildman–Crippen LogP) is 1.03. The van der Waals surface area contributed by atoms with E-state index in [2.05, 4.69) is 16.8 Å². The van der Waals surface area contributed by atoms with Crippen molar-refractivity contribution in [3.05, 3.63) is 0 Å². The summed E-state index contributed by atoms with van der Waals surface area (Å²) in [6.45, 7) is 0. The van der Waals surface area contributed by atoms with Crippen LogP contribution in [0.5, 0.6) is 0 Å². The van der Waals surface area contributed by atoms with Gasteiger partial charge in [-0.15, -0.1) is 0 Å². The molecule has 76 valence electrons. The van der Waals surface area contributed by atoms with Crippen LogP contribution in [0.1, 0.15) is 19.3 Å². The lowest BCUT2D eigenvalue weighted by Gasteiger charge is -2.25. The molecule has 13 heavy (non-hydrogen) atoms. The Hall–Kier alpha value is 0.310. The van der Waals surface area contributed by atoms with Crippen molar-refractivity contribution >= 4 is 40.1 Å². The van der Waals surface area contributed by atoms with Gasteiger partial charge in [0.2, 0.25) is 0 Å². The molecule has 0 aliphatic heterocycles. The standard InChI is InChI=1S/C6H10O4S3/c7-13(8,9)10-4-1-2-5(11)6(12)3-4/h4,6,12H,1-3H2,(H,7,8,9). The van der Waals surface area contributed by atoms with Crippen LogP contribution < -0.4 is 0 Å². The highest BCUT2D eigenvalue weighted by Gasteiger charge is 2.27. The van der Waals surface area contributed by atoms with E-state index in [9.17, 15) is 8.42 Å². The molecule has 0 amide bonds. The van der Waals surface area contributed by atoms with E-state index in [1.54, 1.807) is 0 Å². The van der Waals surface area contributed by atoms with Crippen LogP contribution in [0.15, 0.2) is 0 Å². The third kappa shape index (κ3) is 3.90. The fraction of sp³-hybridized carbons (Fsp3) is 0.833. The Morgan fingerprint density at radius 3 is 2.69 bits per heavy atom. The van der Waals surface area contributed by atoms with Crippen molar-refractivity contribution < 1.29 is 17.2 Å². The van der Waals surface area contributed by atoms with Gasteiger partial charge in [0.25, 0.3) is 0 Å². The summed E-state index contributed by atoms with van der Waals surface area (Å²) in [6.07, 6.45) is 1.07. The zero-order chi connectivity index (χ0) is 10.1. The van der Waals surface area contributed by atoms with Crippen molar-refractivity contribution in [1.82, 2.24) is 0 Å². The van der Waals surface area contributed by atoms with E-state index >= 15 is 0 Å². The Kier molecular flexibility index (Phi) is 3.70. The maximum absolute atomic E-state index is 10.4. The second kappa shape index (κ2) is 4.22. The first kappa shape index (κ1) is 11.4. The second-order valence-electron chi connectivity index (χ2n) is 2.90. The van der Waals surface area contributed by atoms with Gasteiger partial charge in [-0.3, -0.25) is 4.55 Å². The summed E-state index contributed by atoms with van der Waals surface area (Å²) < 4.78 is 33.6. The summed E-state index contributed by atoms with van der Waals surface area (Å²) in [5.74, 6) is 0. The average molecular weight is 242 g/mol. The third-order valence-corrected chi connectivity index (χ3v) is 3.53. The van der Waals surface area contributed by atoms with Crippen LogP contribution in [0, 0.1) is 0 Å². The molecule has 0 spiro atoms. The van der Waals surface area contributed by atoms with Crippen molar-refractivity contribution in [2.75, 3.05) is 0 Å². The molecule has 0 aromatic heterocycles. The van der Waals surface area contributed by atoms with Gasteiger partial charge in [0.15, 0.2) is 0 Å². The van der Waals surface area contributed by atoms with Gasteiger partial charge >= 0.3 is 10.4 Å². The smallest absolute Gasteiger partial charge is 0.264 e. The monoisotopic (exact) mass is 242 g/mol. The molecular weight excluding hydrogens is 232 g/mol. The highest BCUT2D eigenvalue weighted by Crippen LogP contribution is 2.24. The maximum Gasteiger partial charge on any atom is 0.397 e. The van der Waals surface area contributed by atoms with Crippen LogP contribution in [-0.2, 0) is 14.6 Å². The molecule has 1 rings (SSSR count). The molecule has 1 N–H and O–H groups in total. The fourth-order valence-electron chi connectivity index (χ4n) is 1.23. The Morgan fingerprint density at radius 2 is 2.23 bits per heavy atom. The summed E-state index contributed by atoms with van der Waals surface area (Å²) in [5.41, 5.74) is 0. The minimum Gasteiger partial charge on any atom is -0.264 e. The van der Waals surface area contributed by atoms with Crippen molar-refractivity contribution in [3.63, 3.8) is 0 Å². The highest BCUT2D eigenvalue weighted by atomic mass is 32.3. The van der Waals surface area contributed by atoms with E-state index in [4.69, 9.17) is 16.8 Å². The Labute approximate surface area is 88.0 Å². The van der Waals surface area contributed by atoms with Gasteiger partial charge in [0.05, 0.1) is 6.10 Å². The van der Waals surface area contributed by atoms with Crippen LogP contribution in [0.25, 0.3) is 0 Å². The average Bonchev–Trinajstić information content (AvgIpc) is 1.94. The van der Waals surface area contributed by atoms with Crippen molar-refractivity contribution in [1.29, 1.82) is 0 Å². The summed E-state index contributed by atoms with van der Waals surface area (Å²) in [5, 5.41) is -0.115. The first-order chi connectivity index (χ1) is 5.88. The van der Waals surface area contributed by atoms with E-state index in [1.165, 1.54) is 0 Å². The molecule has 1 aliphatic rings. The zero-order valence-corrected chi connectivity index (χ0v) is 9.24. The first-order valence-corrected chi connectivity index (χ1v) is 6.04. The fourth-order valence-corrected chi connectivity index (χ4v) is 2.32. The second-order valence-corrected chi connectivity index (χ2v) is 5.10. The van der Waals surface area contributed by atoms with Crippen LogP contribution in [-0.4, -0.2) is 29.2 Å². The summed E-state index contributed by atoms with van der Waals surface area (Å²) >= 11 is 9.15. The lowest BCUT2D eigenvalue weighted by Crippen LogP contribution is -2.30. The number of hydrogen-bond acceptors (Lipinski definition) is 5. The summed E-state index contributed by atoms with van der Waals surface area (Å²) in [4.78, 5) is 0.818. The van der Waals surface area contributed by atoms with Gasteiger partial charge in [-0.25, -0.2) is 4.18 Å². The molecular formula is C6H10O4S3. The molecule has 0 radical (unpaired) electrons. The third-order valence-electron chi connectivity index (χ3n) is 1.83. The van der Waals surface area contributed by atoms with Crippen molar-refractivity contribution in [2.45, 2.75) is 30.6 Å². The van der Waals surface area contributed by atoms with E-state index in [0.717, 1.165) is 4.86 Å². The van der Waals surface area contributed by atoms with E-state index in [-0.39, 0.29) is 5.25 Å². The Bertz CT molecular complexity index is 297. The number of hydrogen-bond donors (Lipinski definition) is 2. The van der Waals surface area contributed by atoms with Gasteiger partial charge in [-0.1, -0.05) is 12.2 Å². The summed E-state index contributed by atoms with van der Waals surface area (Å²) in [6, 6.07) is 0. The molecule has 1 saturated carbocycles. The van der Waals surface area contributed by atoms with Gasteiger partial charge in [-0.2, -0.15) is 21.0 Å². The minimum absolute atomic E-state index is 0.115. The quantitative estimate of drug-likeness (QED) is 0.430. The molecule has 2 atom stereocenters. The van der Waals surface area contributed by atoms with Crippen LogP contribution >= 0.6 is 24.8 Å². The molecule has 0 bridgehead atoms. The Morgan fingerprint density at radius 1 is 1.62 bits per heavy atom. The largest absolute Gasteiger partial charge is 0.397 e.